The Balaban J connectivity index is 1.88. The predicted molar refractivity (Wildman–Crippen MR) is 89.2 cm³/mol. The molecule has 0 atom stereocenters. The molecular formula is C19H16N2O. The maximum atomic E-state index is 9.63. The first-order chi connectivity index (χ1) is 10.7. The molecule has 2 heterocycles. The van der Waals surface area contributed by atoms with Crippen molar-refractivity contribution in [2.24, 2.45) is 0 Å². The number of hydrogen-bond donors (Lipinski definition) is 1. The average molecular weight is 288 g/mol. The van der Waals surface area contributed by atoms with E-state index in [1.807, 2.05) is 55.5 Å². The van der Waals surface area contributed by atoms with Crippen LogP contribution in [0.25, 0.3) is 23.5 Å². The quantitative estimate of drug-likeness (QED) is 0.780. The number of aryl methyl sites for hydroxylation is 1. The van der Waals surface area contributed by atoms with Crippen molar-refractivity contribution in [3.8, 4) is 17.1 Å². The van der Waals surface area contributed by atoms with Crippen molar-refractivity contribution in [2.75, 3.05) is 0 Å². The number of nitrogens with zero attached hydrogens (tertiary/aromatic N) is 2. The van der Waals surface area contributed by atoms with Gasteiger partial charge in [-0.3, -0.25) is 9.97 Å². The lowest BCUT2D eigenvalue weighted by Gasteiger charge is -2.01. The molecule has 0 fully saturated rings. The number of aromatic hydroxyl groups is 1. The topological polar surface area (TPSA) is 46.0 Å². The van der Waals surface area contributed by atoms with Crippen LogP contribution in [0.1, 0.15) is 16.7 Å². The van der Waals surface area contributed by atoms with E-state index in [0.29, 0.717) is 0 Å². The van der Waals surface area contributed by atoms with Gasteiger partial charge in [-0.05, 0) is 60.0 Å². The van der Waals surface area contributed by atoms with Crippen molar-refractivity contribution in [1.29, 1.82) is 0 Å². The highest BCUT2D eigenvalue weighted by Gasteiger charge is 2.00. The molecule has 108 valence electrons. The van der Waals surface area contributed by atoms with Gasteiger partial charge in [-0.25, -0.2) is 0 Å². The molecule has 0 aliphatic carbocycles. The van der Waals surface area contributed by atoms with Gasteiger partial charge in [-0.2, -0.15) is 0 Å². The third-order valence-electron chi connectivity index (χ3n) is 3.26. The molecule has 0 aliphatic heterocycles. The fourth-order valence-corrected chi connectivity index (χ4v) is 2.29. The Labute approximate surface area is 129 Å². The number of benzene rings is 1. The van der Waals surface area contributed by atoms with Gasteiger partial charge in [0.2, 0.25) is 0 Å². The van der Waals surface area contributed by atoms with Crippen molar-refractivity contribution >= 4 is 12.2 Å². The Kier molecular flexibility index (Phi) is 3.97. The smallest absolute Gasteiger partial charge is 0.116 e. The van der Waals surface area contributed by atoms with Crippen LogP contribution in [-0.4, -0.2) is 15.1 Å². The fourth-order valence-electron chi connectivity index (χ4n) is 2.29. The Morgan fingerprint density at radius 3 is 2.41 bits per heavy atom. The summed E-state index contributed by atoms with van der Waals surface area (Å²) in [5.41, 5.74) is 4.73. The number of phenolic OH excluding ortho intramolecular Hbond substituents is 1. The van der Waals surface area contributed by atoms with Crippen molar-refractivity contribution in [3.63, 3.8) is 0 Å². The molecule has 0 unspecified atom stereocenters. The normalized spacial score (nSPS) is 11.0. The summed E-state index contributed by atoms with van der Waals surface area (Å²) in [6.07, 6.45) is 7.51. The van der Waals surface area contributed by atoms with Crippen LogP contribution >= 0.6 is 0 Å². The molecule has 3 aromatic rings. The average Bonchev–Trinajstić information content (AvgIpc) is 2.53. The minimum Gasteiger partial charge on any atom is -0.508 e. The molecule has 0 bridgehead atoms. The molecule has 3 nitrogen and oxygen atoms in total. The van der Waals surface area contributed by atoms with Crippen LogP contribution in [0.3, 0.4) is 0 Å². The highest BCUT2D eigenvalue weighted by atomic mass is 16.3. The Hall–Kier alpha value is -2.94. The largest absolute Gasteiger partial charge is 0.508 e. The lowest BCUT2D eigenvalue weighted by atomic mass is 10.1. The van der Waals surface area contributed by atoms with Crippen LogP contribution < -0.4 is 0 Å². The summed E-state index contributed by atoms with van der Waals surface area (Å²) in [7, 11) is 0. The summed E-state index contributed by atoms with van der Waals surface area (Å²) < 4.78 is 0. The van der Waals surface area contributed by atoms with Crippen LogP contribution in [0, 0.1) is 6.92 Å². The molecule has 0 saturated carbocycles. The Morgan fingerprint density at radius 1 is 0.818 bits per heavy atom. The fraction of sp³-hybridized carbons (Fsp3) is 0.0526. The Morgan fingerprint density at radius 2 is 1.64 bits per heavy atom. The summed E-state index contributed by atoms with van der Waals surface area (Å²) in [6.45, 7) is 1.96. The van der Waals surface area contributed by atoms with Crippen molar-refractivity contribution in [1.82, 2.24) is 9.97 Å². The van der Waals surface area contributed by atoms with Crippen LogP contribution in [0.15, 0.2) is 60.9 Å². The third-order valence-corrected chi connectivity index (χ3v) is 3.26. The first-order valence-corrected chi connectivity index (χ1v) is 7.07. The number of rotatable bonds is 3. The van der Waals surface area contributed by atoms with Crippen LogP contribution in [0.2, 0.25) is 0 Å². The van der Waals surface area contributed by atoms with Gasteiger partial charge in [0.25, 0.3) is 0 Å². The molecule has 22 heavy (non-hydrogen) atoms. The lowest BCUT2D eigenvalue weighted by molar-refractivity contribution is 0.475. The summed E-state index contributed by atoms with van der Waals surface area (Å²) in [6, 6.07) is 15.2. The van der Waals surface area contributed by atoms with Crippen molar-refractivity contribution < 1.29 is 5.11 Å². The summed E-state index contributed by atoms with van der Waals surface area (Å²) >= 11 is 0. The van der Waals surface area contributed by atoms with E-state index in [0.717, 1.165) is 28.1 Å². The zero-order chi connectivity index (χ0) is 15.4. The molecule has 3 heteroatoms. The van der Waals surface area contributed by atoms with Gasteiger partial charge in [0.15, 0.2) is 0 Å². The molecule has 3 rings (SSSR count). The molecule has 0 saturated heterocycles. The monoisotopic (exact) mass is 288 g/mol. The van der Waals surface area contributed by atoms with Gasteiger partial charge in [-0.1, -0.05) is 24.3 Å². The van der Waals surface area contributed by atoms with Crippen LogP contribution in [0.5, 0.6) is 5.75 Å². The number of hydrogen-bond acceptors (Lipinski definition) is 3. The second-order valence-electron chi connectivity index (χ2n) is 5.12. The maximum absolute atomic E-state index is 9.63. The Bertz CT molecular complexity index is 790. The van der Waals surface area contributed by atoms with E-state index in [4.69, 9.17) is 0 Å². The van der Waals surface area contributed by atoms with Crippen LogP contribution in [0.4, 0.5) is 0 Å². The van der Waals surface area contributed by atoms with Crippen LogP contribution in [-0.2, 0) is 0 Å². The van der Waals surface area contributed by atoms with Crippen molar-refractivity contribution in [3.05, 3.63) is 77.6 Å². The van der Waals surface area contributed by atoms with Gasteiger partial charge in [-0.15, -0.1) is 0 Å². The van der Waals surface area contributed by atoms with E-state index in [1.54, 1.807) is 24.5 Å². The highest BCUT2D eigenvalue weighted by molar-refractivity contribution is 5.72. The number of phenols is 1. The summed E-state index contributed by atoms with van der Waals surface area (Å²) in [5.74, 6) is 0.281. The minimum atomic E-state index is 0.281. The second kappa shape index (κ2) is 6.22. The van der Waals surface area contributed by atoms with Gasteiger partial charge in [0.05, 0.1) is 11.4 Å². The van der Waals surface area contributed by atoms with E-state index in [-0.39, 0.29) is 5.75 Å². The first kappa shape index (κ1) is 14.0. The third kappa shape index (κ3) is 3.38. The maximum Gasteiger partial charge on any atom is 0.116 e. The molecular weight excluding hydrogens is 272 g/mol. The van der Waals surface area contributed by atoms with Gasteiger partial charge in [0.1, 0.15) is 5.75 Å². The van der Waals surface area contributed by atoms with Gasteiger partial charge < -0.3 is 5.11 Å². The zero-order valence-electron chi connectivity index (χ0n) is 12.3. The SMILES string of the molecule is Cc1cc(O)cc(/C=C\c2ccnc(-c3ccccn3)c2)c1. The van der Waals surface area contributed by atoms with E-state index in [2.05, 4.69) is 9.97 Å². The van der Waals surface area contributed by atoms with E-state index in [9.17, 15) is 5.11 Å². The molecule has 0 amide bonds. The van der Waals surface area contributed by atoms with E-state index < -0.39 is 0 Å². The molecule has 1 aromatic carbocycles. The summed E-state index contributed by atoms with van der Waals surface area (Å²) in [5, 5.41) is 9.63. The second-order valence-corrected chi connectivity index (χ2v) is 5.12. The molecule has 1 N–H and O–H groups in total. The minimum absolute atomic E-state index is 0.281. The zero-order valence-corrected chi connectivity index (χ0v) is 12.3. The molecule has 0 aliphatic rings. The number of aromatic nitrogens is 2. The highest BCUT2D eigenvalue weighted by Crippen LogP contribution is 2.19. The van der Waals surface area contributed by atoms with Gasteiger partial charge >= 0.3 is 0 Å². The van der Waals surface area contributed by atoms with E-state index >= 15 is 0 Å². The lowest BCUT2D eigenvalue weighted by Crippen LogP contribution is -1.86. The van der Waals surface area contributed by atoms with Crippen molar-refractivity contribution in [2.45, 2.75) is 6.92 Å². The first-order valence-electron chi connectivity index (χ1n) is 7.07. The standard InChI is InChI=1S/C19H16N2O/c1-14-10-16(12-17(22)11-14)6-5-15-7-9-21-19(13-15)18-4-2-3-8-20-18/h2-13,22H,1H3/b6-5-. The summed E-state index contributed by atoms with van der Waals surface area (Å²) in [4.78, 5) is 8.67. The van der Waals surface area contributed by atoms with E-state index in [1.165, 1.54) is 0 Å². The molecule has 0 spiro atoms. The predicted octanol–water partition coefficient (Wildman–Crippen LogP) is 4.33. The number of pyridine rings is 2. The molecule has 2 aromatic heterocycles. The molecule has 0 radical (unpaired) electrons. The van der Waals surface area contributed by atoms with Gasteiger partial charge in [0, 0.05) is 12.4 Å².